The third-order valence-corrected chi connectivity index (χ3v) is 5.76. The molecule has 3 aromatic rings. The fourth-order valence-electron chi connectivity index (χ4n) is 3.95. The second-order valence-corrected chi connectivity index (χ2v) is 7.75. The Hall–Kier alpha value is -3.16. The summed E-state index contributed by atoms with van der Waals surface area (Å²) < 4.78 is 13.3. The Labute approximate surface area is 181 Å². The summed E-state index contributed by atoms with van der Waals surface area (Å²) >= 11 is 0. The number of carbonyl (C=O) groups excluding carboxylic acids is 1. The Morgan fingerprint density at radius 2 is 1.77 bits per heavy atom. The van der Waals surface area contributed by atoms with Gasteiger partial charge < -0.3 is 5.11 Å². The van der Waals surface area contributed by atoms with Crippen molar-refractivity contribution in [3.63, 3.8) is 0 Å². The molecule has 6 nitrogen and oxygen atoms in total. The monoisotopic (exact) mass is 420 g/mol. The van der Waals surface area contributed by atoms with E-state index < -0.39 is 5.60 Å². The van der Waals surface area contributed by atoms with Gasteiger partial charge in [0.1, 0.15) is 11.5 Å². The summed E-state index contributed by atoms with van der Waals surface area (Å²) in [6.07, 6.45) is 6.09. The van der Waals surface area contributed by atoms with Gasteiger partial charge in [0.2, 0.25) is 0 Å². The predicted molar refractivity (Wildman–Crippen MR) is 114 cm³/mol. The third-order valence-electron chi connectivity index (χ3n) is 5.76. The molecule has 0 unspecified atom stereocenters. The number of hydrazine groups is 1. The van der Waals surface area contributed by atoms with Crippen molar-refractivity contribution in [2.75, 3.05) is 19.6 Å². The first-order valence-corrected chi connectivity index (χ1v) is 10.4. The smallest absolute Gasteiger partial charge is 0.288 e. The van der Waals surface area contributed by atoms with Crippen LogP contribution in [0.1, 0.15) is 34.5 Å². The SMILES string of the molecule is O=C(c1cnccn1)N(CCc1ccccc1)N1CCC(O)(c2ccc(F)cc2)CC1. The zero-order chi connectivity index (χ0) is 21.7. The second kappa shape index (κ2) is 9.32. The molecule has 0 atom stereocenters. The van der Waals surface area contributed by atoms with Crippen molar-refractivity contribution in [2.24, 2.45) is 0 Å². The first-order chi connectivity index (χ1) is 15.0. The molecule has 2 aromatic carbocycles. The van der Waals surface area contributed by atoms with Crippen molar-refractivity contribution < 1.29 is 14.3 Å². The molecule has 1 fully saturated rings. The largest absolute Gasteiger partial charge is 0.385 e. The molecule has 0 radical (unpaired) electrons. The van der Waals surface area contributed by atoms with Gasteiger partial charge in [0.05, 0.1) is 11.8 Å². The van der Waals surface area contributed by atoms with Crippen LogP contribution in [0.15, 0.2) is 73.2 Å². The summed E-state index contributed by atoms with van der Waals surface area (Å²) in [5.74, 6) is -0.539. The molecule has 1 aliphatic rings. The van der Waals surface area contributed by atoms with E-state index in [0.29, 0.717) is 44.5 Å². The van der Waals surface area contributed by atoms with Crippen LogP contribution < -0.4 is 0 Å². The van der Waals surface area contributed by atoms with Crippen LogP contribution in [0.3, 0.4) is 0 Å². The molecule has 1 N–H and O–H groups in total. The first-order valence-electron chi connectivity index (χ1n) is 10.4. The number of hydrogen-bond donors (Lipinski definition) is 1. The number of aromatic nitrogens is 2. The topological polar surface area (TPSA) is 69.6 Å². The highest BCUT2D eigenvalue weighted by Crippen LogP contribution is 2.33. The Balaban J connectivity index is 1.50. The standard InChI is InChI=1S/C24H25FN4O2/c25-21-8-6-20(7-9-21)24(31)11-16-28(17-12-24)29(15-10-19-4-2-1-3-5-19)23(30)22-18-26-13-14-27-22/h1-9,13-14,18,31H,10-12,15-17H2. The van der Waals surface area contributed by atoms with Crippen molar-refractivity contribution in [3.8, 4) is 0 Å². The van der Waals surface area contributed by atoms with Crippen LogP contribution in [0.5, 0.6) is 0 Å². The van der Waals surface area contributed by atoms with E-state index in [0.717, 1.165) is 5.56 Å². The van der Waals surface area contributed by atoms with E-state index in [4.69, 9.17) is 0 Å². The van der Waals surface area contributed by atoms with Gasteiger partial charge >= 0.3 is 0 Å². The number of nitrogens with zero attached hydrogens (tertiary/aromatic N) is 4. The molecule has 1 aliphatic heterocycles. The Bertz CT molecular complexity index is 991. The van der Waals surface area contributed by atoms with E-state index in [1.807, 2.05) is 35.3 Å². The lowest BCUT2D eigenvalue weighted by Crippen LogP contribution is -2.53. The molecule has 1 amide bonds. The van der Waals surface area contributed by atoms with Gasteiger partial charge in [0.25, 0.3) is 5.91 Å². The molecule has 160 valence electrons. The zero-order valence-electron chi connectivity index (χ0n) is 17.2. The number of hydrogen-bond acceptors (Lipinski definition) is 5. The molecule has 0 bridgehead atoms. The molecule has 0 spiro atoms. The van der Waals surface area contributed by atoms with Crippen LogP contribution in [-0.4, -0.2) is 50.6 Å². The fraction of sp³-hybridized carbons (Fsp3) is 0.292. The number of halogens is 1. The highest BCUT2D eigenvalue weighted by molar-refractivity contribution is 5.91. The van der Waals surface area contributed by atoms with E-state index in [9.17, 15) is 14.3 Å². The molecule has 1 aromatic heterocycles. The van der Waals surface area contributed by atoms with Crippen molar-refractivity contribution in [1.29, 1.82) is 0 Å². The molecular formula is C24H25FN4O2. The minimum atomic E-state index is -1.04. The minimum Gasteiger partial charge on any atom is -0.385 e. The molecule has 1 saturated heterocycles. The van der Waals surface area contributed by atoms with E-state index in [1.54, 1.807) is 17.1 Å². The molecule has 31 heavy (non-hydrogen) atoms. The van der Waals surface area contributed by atoms with Gasteiger partial charge in [0, 0.05) is 32.0 Å². The van der Waals surface area contributed by atoms with Crippen LogP contribution in [0.2, 0.25) is 0 Å². The number of benzene rings is 2. The van der Waals surface area contributed by atoms with Crippen LogP contribution >= 0.6 is 0 Å². The maximum Gasteiger partial charge on any atom is 0.288 e. The maximum absolute atomic E-state index is 13.3. The second-order valence-electron chi connectivity index (χ2n) is 7.75. The van der Waals surface area contributed by atoms with E-state index in [2.05, 4.69) is 9.97 Å². The van der Waals surface area contributed by atoms with Crippen LogP contribution in [0.4, 0.5) is 4.39 Å². The van der Waals surface area contributed by atoms with E-state index in [1.165, 1.54) is 30.7 Å². The lowest BCUT2D eigenvalue weighted by atomic mass is 9.85. The van der Waals surface area contributed by atoms with Gasteiger partial charge in [-0.05, 0) is 42.5 Å². The Morgan fingerprint density at radius 1 is 1.06 bits per heavy atom. The normalized spacial score (nSPS) is 16.1. The summed E-state index contributed by atoms with van der Waals surface area (Å²) in [4.78, 5) is 21.4. The molecule has 7 heteroatoms. The summed E-state index contributed by atoms with van der Waals surface area (Å²) in [6, 6.07) is 16.0. The quantitative estimate of drug-likeness (QED) is 0.663. The molecular weight excluding hydrogens is 395 g/mol. The van der Waals surface area contributed by atoms with E-state index in [-0.39, 0.29) is 17.4 Å². The lowest BCUT2D eigenvalue weighted by molar-refractivity contribution is -0.0871. The van der Waals surface area contributed by atoms with Gasteiger partial charge in [-0.15, -0.1) is 0 Å². The molecule has 4 rings (SSSR count). The summed E-state index contributed by atoms with van der Waals surface area (Å²) in [5, 5.41) is 14.8. The van der Waals surface area contributed by atoms with Crippen molar-refractivity contribution >= 4 is 5.91 Å². The highest BCUT2D eigenvalue weighted by Gasteiger charge is 2.37. The minimum absolute atomic E-state index is 0.212. The highest BCUT2D eigenvalue weighted by atomic mass is 19.1. The molecule has 0 aliphatic carbocycles. The number of carbonyl (C=O) groups is 1. The van der Waals surface area contributed by atoms with Crippen molar-refractivity contribution in [3.05, 3.63) is 95.8 Å². The van der Waals surface area contributed by atoms with Crippen molar-refractivity contribution in [1.82, 2.24) is 20.0 Å². The average Bonchev–Trinajstić information content (AvgIpc) is 2.82. The van der Waals surface area contributed by atoms with Crippen LogP contribution in [-0.2, 0) is 12.0 Å². The zero-order valence-corrected chi connectivity index (χ0v) is 17.2. The number of rotatable bonds is 6. The summed E-state index contributed by atoms with van der Waals surface area (Å²) in [5.41, 5.74) is 1.09. The summed E-state index contributed by atoms with van der Waals surface area (Å²) in [7, 11) is 0. The van der Waals surface area contributed by atoms with Crippen molar-refractivity contribution in [2.45, 2.75) is 24.9 Å². The third kappa shape index (κ3) is 4.95. The predicted octanol–water partition coefficient (Wildman–Crippen LogP) is 3.20. The average molecular weight is 420 g/mol. The van der Waals surface area contributed by atoms with Crippen LogP contribution in [0.25, 0.3) is 0 Å². The van der Waals surface area contributed by atoms with Gasteiger partial charge in [-0.3, -0.25) is 14.8 Å². The number of piperidine rings is 1. The van der Waals surface area contributed by atoms with Crippen LogP contribution in [0, 0.1) is 5.82 Å². The lowest BCUT2D eigenvalue weighted by Gasteiger charge is -2.43. The summed E-state index contributed by atoms with van der Waals surface area (Å²) in [6.45, 7) is 1.48. The van der Waals surface area contributed by atoms with Gasteiger partial charge in [-0.25, -0.2) is 14.4 Å². The fourth-order valence-corrected chi connectivity index (χ4v) is 3.95. The van der Waals surface area contributed by atoms with E-state index >= 15 is 0 Å². The van der Waals surface area contributed by atoms with Gasteiger partial charge in [-0.1, -0.05) is 42.5 Å². The Morgan fingerprint density at radius 3 is 2.42 bits per heavy atom. The molecule has 2 heterocycles. The van der Waals surface area contributed by atoms with Gasteiger partial charge in [0.15, 0.2) is 0 Å². The number of amides is 1. The first kappa shape index (κ1) is 21.1. The maximum atomic E-state index is 13.3. The Kier molecular flexibility index (Phi) is 6.34. The number of aliphatic hydroxyl groups is 1. The van der Waals surface area contributed by atoms with Gasteiger partial charge in [-0.2, -0.15) is 0 Å². The molecule has 0 saturated carbocycles.